The highest BCUT2D eigenvalue weighted by Gasteiger charge is 2.09. The standard InChI is InChI=1S/C24H24N2O3/c1-16-8-9-18(3)22(14-16)25-23(27)15-29-20-12-10-19(11-13-20)24(28)26-21-7-5-4-6-17(21)2/h4-14H,15H2,1-3H3,(H,25,27)(H,26,28). The summed E-state index contributed by atoms with van der Waals surface area (Å²) in [5.41, 5.74) is 5.14. The fraction of sp³-hybridized carbons (Fsp3) is 0.167. The van der Waals surface area contributed by atoms with Crippen LogP contribution in [-0.2, 0) is 4.79 Å². The Morgan fingerprint density at radius 3 is 2.21 bits per heavy atom. The number of anilines is 2. The predicted octanol–water partition coefficient (Wildman–Crippen LogP) is 4.88. The Morgan fingerprint density at radius 2 is 1.48 bits per heavy atom. The monoisotopic (exact) mass is 388 g/mol. The van der Waals surface area contributed by atoms with E-state index in [1.54, 1.807) is 24.3 Å². The number of hydrogen-bond donors (Lipinski definition) is 2. The summed E-state index contributed by atoms with van der Waals surface area (Å²) in [6.45, 7) is 5.75. The van der Waals surface area contributed by atoms with Crippen LogP contribution in [0.4, 0.5) is 11.4 Å². The SMILES string of the molecule is Cc1ccc(C)c(NC(=O)COc2ccc(C(=O)Nc3ccccc3C)cc2)c1. The molecule has 0 aromatic heterocycles. The van der Waals surface area contributed by atoms with Crippen molar-refractivity contribution in [3.05, 3.63) is 89.0 Å². The second-order valence-electron chi connectivity index (χ2n) is 6.95. The molecule has 3 aromatic rings. The summed E-state index contributed by atoms with van der Waals surface area (Å²) in [6.07, 6.45) is 0. The summed E-state index contributed by atoms with van der Waals surface area (Å²) in [4.78, 5) is 24.5. The van der Waals surface area contributed by atoms with Crippen LogP contribution in [0.2, 0.25) is 0 Å². The number of para-hydroxylation sites is 1. The first kappa shape index (κ1) is 20.1. The van der Waals surface area contributed by atoms with E-state index in [2.05, 4.69) is 10.6 Å². The Bertz CT molecular complexity index is 1030. The van der Waals surface area contributed by atoms with Gasteiger partial charge in [-0.1, -0.05) is 30.3 Å². The van der Waals surface area contributed by atoms with Gasteiger partial charge in [0.2, 0.25) is 0 Å². The molecule has 0 saturated carbocycles. The molecule has 0 radical (unpaired) electrons. The second-order valence-corrected chi connectivity index (χ2v) is 6.95. The average molecular weight is 388 g/mol. The van der Waals surface area contributed by atoms with Crippen LogP contribution < -0.4 is 15.4 Å². The fourth-order valence-electron chi connectivity index (χ4n) is 2.82. The van der Waals surface area contributed by atoms with Gasteiger partial charge in [-0.2, -0.15) is 0 Å². The molecule has 0 aliphatic carbocycles. The molecule has 5 heteroatoms. The van der Waals surface area contributed by atoms with E-state index in [0.29, 0.717) is 11.3 Å². The number of carbonyl (C=O) groups is 2. The Balaban J connectivity index is 1.55. The van der Waals surface area contributed by atoms with E-state index in [0.717, 1.165) is 28.1 Å². The van der Waals surface area contributed by atoms with Crippen molar-refractivity contribution in [3.8, 4) is 5.75 Å². The van der Waals surface area contributed by atoms with Crippen LogP contribution in [0.3, 0.4) is 0 Å². The van der Waals surface area contributed by atoms with Gasteiger partial charge in [-0.05, 0) is 73.9 Å². The summed E-state index contributed by atoms with van der Waals surface area (Å²) in [6, 6.07) is 20.2. The van der Waals surface area contributed by atoms with E-state index in [9.17, 15) is 9.59 Å². The highest BCUT2D eigenvalue weighted by Crippen LogP contribution is 2.18. The molecule has 5 nitrogen and oxygen atoms in total. The van der Waals surface area contributed by atoms with E-state index in [4.69, 9.17) is 4.74 Å². The molecule has 3 aromatic carbocycles. The second kappa shape index (κ2) is 9.06. The van der Waals surface area contributed by atoms with E-state index in [1.807, 2.05) is 63.2 Å². The van der Waals surface area contributed by atoms with Gasteiger partial charge in [0.1, 0.15) is 5.75 Å². The van der Waals surface area contributed by atoms with E-state index in [1.165, 1.54) is 0 Å². The molecule has 3 rings (SSSR count). The first-order chi connectivity index (χ1) is 13.9. The van der Waals surface area contributed by atoms with Crippen molar-refractivity contribution in [1.82, 2.24) is 0 Å². The number of ether oxygens (including phenoxy) is 1. The van der Waals surface area contributed by atoms with Crippen molar-refractivity contribution in [1.29, 1.82) is 0 Å². The number of nitrogens with one attached hydrogen (secondary N) is 2. The Kier molecular flexibility index (Phi) is 6.29. The van der Waals surface area contributed by atoms with Crippen LogP contribution >= 0.6 is 0 Å². The Morgan fingerprint density at radius 1 is 0.793 bits per heavy atom. The lowest BCUT2D eigenvalue weighted by Crippen LogP contribution is -2.20. The molecule has 0 aliphatic heterocycles. The van der Waals surface area contributed by atoms with Gasteiger partial charge in [0.25, 0.3) is 11.8 Å². The van der Waals surface area contributed by atoms with Gasteiger partial charge in [-0.3, -0.25) is 9.59 Å². The third-order valence-electron chi connectivity index (χ3n) is 4.55. The molecule has 148 valence electrons. The van der Waals surface area contributed by atoms with Gasteiger partial charge in [-0.15, -0.1) is 0 Å². The maximum atomic E-state index is 12.4. The first-order valence-corrected chi connectivity index (χ1v) is 9.39. The maximum absolute atomic E-state index is 12.4. The number of benzene rings is 3. The smallest absolute Gasteiger partial charge is 0.262 e. The lowest BCUT2D eigenvalue weighted by molar-refractivity contribution is -0.118. The molecular weight excluding hydrogens is 364 g/mol. The largest absolute Gasteiger partial charge is 0.484 e. The summed E-state index contributed by atoms with van der Waals surface area (Å²) in [5, 5.41) is 5.74. The molecule has 0 atom stereocenters. The summed E-state index contributed by atoms with van der Waals surface area (Å²) in [7, 11) is 0. The molecule has 2 amide bonds. The quantitative estimate of drug-likeness (QED) is 0.632. The van der Waals surface area contributed by atoms with Crippen LogP contribution in [0.25, 0.3) is 0 Å². The first-order valence-electron chi connectivity index (χ1n) is 9.39. The lowest BCUT2D eigenvalue weighted by Gasteiger charge is -2.11. The molecule has 0 fully saturated rings. The number of hydrogen-bond acceptors (Lipinski definition) is 3. The number of amides is 2. The number of carbonyl (C=O) groups excluding carboxylic acids is 2. The van der Waals surface area contributed by atoms with Crippen molar-refractivity contribution in [3.63, 3.8) is 0 Å². The highest BCUT2D eigenvalue weighted by atomic mass is 16.5. The van der Waals surface area contributed by atoms with Gasteiger partial charge in [-0.25, -0.2) is 0 Å². The molecule has 0 unspecified atom stereocenters. The molecule has 0 bridgehead atoms. The number of aryl methyl sites for hydroxylation is 3. The predicted molar refractivity (Wildman–Crippen MR) is 116 cm³/mol. The topological polar surface area (TPSA) is 67.4 Å². The van der Waals surface area contributed by atoms with Crippen molar-refractivity contribution >= 4 is 23.2 Å². The van der Waals surface area contributed by atoms with Crippen LogP contribution in [0.15, 0.2) is 66.7 Å². The molecule has 0 aliphatic rings. The summed E-state index contributed by atoms with van der Waals surface area (Å²) in [5.74, 6) is 0.0899. The summed E-state index contributed by atoms with van der Waals surface area (Å²) < 4.78 is 5.54. The zero-order valence-corrected chi connectivity index (χ0v) is 16.8. The van der Waals surface area contributed by atoms with Gasteiger partial charge in [0.05, 0.1) is 0 Å². The molecule has 29 heavy (non-hydrogen) atoms. The van der Waals surface area contributed by atoms with E-state index < -0.39 is 0 Å². The molecule has 2 N–H and O–H groups in total. The molecule has 0 spiro atoms. The van der Waals surface area contributed by atoms with Crippen LogP contribution in [0.5, 0.6) is 5.75 Å². The van der Waals surface area contributed by atoms with Crippen LogP contribution in [0, 0.1) is 20.8 Å². The fourth-order valence-corrected chi connectivity index (χ4v) is 2.82. The van der Waals surface area contributed by atoms with Crippen molar-refractivity contribution in [2.24, 2.45) is 0 Å². The van der Waals surface area contributed by atoms with Crippen molar-refractivity contribution < 1.29 is 14.3 Å². The normalized spacial score (nSPS) is 10.3. The van der Waals surface area contributed by atoms with Crippen LogP contribution in [-0.4, -0.2) is 18.4 Å². The Hall–Kier alpha value is -3.60. The molecule has 0 saturated heterocycles. The summed E-state index contributed by atoms with van der Waals surface area (Å²) >= 11 is 0. The third-order valence-corrected chi connectivity index (χ3v) is 4.55. The van der Waals surface area contributed by atoms with Gasteiger partial charge >= 0.3 is 0 Å². The third kappa shape index (κ3) is 5.45. The van der Waals surface area contributed by atoms with Crippen LogP contribution in [0.1, 0.15) is 27.0 Å². The van der Waals surface area contributed by atoms with E-state index in [-0.39, 0.29) is 18.4 Å². The van der Waals surface area contributed by atoms with Gasteiger partial charge in [0, 0.05) is 16.9 Å². The minimum absolute atomic E-state index is 0.109. The van der Waals surface area contributed by atoms with Gasteiger partial charge < -0.3 is 15.4 Å². The Labute approximate surface area is 170 Å². The zero-order chi connectivity index (χ0) is 20.8. The minimum atomic E-state index is -0.236. The van der Waals surface area contributed by atoms with Gasteiger partial charge in [0.15, 0.2) is 6.61 Å². The molecule has 0 heterocycles. The number of rotatable bonds is 6. The maximum Gasteiger partial charge on any atom is 0.262 e. The van der Waals surface area contributed by atoms with Crippen molar-refractivity contribution in [2.45, 2.75) is 20.8 Å². The average Bonchev–Trinajstić information content (AvgIpc) is 2.71. The highest BCUT2D eigenvalue weighted by molar-refractivity contribution is 6.04. The lowest BCUT2D eigenvalue weighted by atomic mass is 10.1. The zero-order valence-electron chi connectivity index (χ0n) is 16.8. The van der Waals surface area contributed by atoms with E-state index >= 15 is 0 Å². The molecular formula is C24H24N2O3. The minimum Gasteiger partial charge on any atom is -0.484 e. The van der Waals surface area contributed by atoms with Crippen molar-refractivity contribution in [2.75, 3.05) is 17.2 Å².